The van der Waals surface area contributed by atoms with Crippen molar-refractivity contribution < 1.29 is 19.6 Å². The molecule has 1 fully saturated rings. The van der Waals surface area contributed by atoms with Gasteiger partial charge in [-0.15, -0.1) is 0 Å². The summed E-state index contributed by atoms with van der Waals surface area (Å²) in [4.78, 5) is 38.2. The number of phenolic OH excluding ortho intramolecular Hbond substituents is 1. The average molecular weight is 472 g/mol. The number of aromatic nitrogens is 2. The fourth-order valence-electron chi connectivity index (χ4n) is 4.26. The van der Waals surface area contributed by atoms with Crippen LogP contribution in [-0.4, -0.2) is 52.4 Å². The normalized spacial score (nSPS) is 13.7. The van der Waals surface area contributed by atoms with Crippen LogP contribution in [0.1, 0.15) is 10.4 Å². The number of morpholine rings is 1. The molecule has 0 amide bonds. The third kappa shape index (κ3) is 4.11. The number of aromatic hydroxyl groups is 1. The van der Waals surface area contributed by atoms with Gasteiger partial charge in [0, 0.05) is 41.4 Å². The standard InChI is InChI=1S/C25H20N4O6/c30-15-16-11-17(13-19(31)12-16)24-20-3-1-2-4-21(20)25(32)28(26-24)23-14-18(5-6-22(23)29(33)34)27-7-9-35-10-8-27/h1-6,11-15,31H,7-10H2. The molecule has 1 aliphatic rings. The summed E-state index contributed by atoms with van der Waals surface area (Å²) in [6.07, 6.45) is 0.595. The molecule has 1 aliphatic heterocycles. The number of nitro benzene ring substituents is 1. The van der Waals surface area contributed by atoms with E-state index in [1.165, 1.54) is 24.3 Å². The van der Waals surface area contributed by atoms with Crippen molar-refractivity contribution in [1.29, 1.82) is 0 Å². The fraction of sp³-hybridized carbons (Fsp3) is 0.160. The molecule has 0 saturated carbocycles. The van der Waals surface area contributed by atoms with Gasteiger partial charge < -0.3 is 14.7 Å². The van der Waals surface area contributed by atoms with E-state index in [0.29, 0.717) is 60.3 Å². The average Bonchev–Trinajstić information content (AvgIpc) is 2.88. The number of ether oxygens (including phenoxy) is 1. The molecular formula is C25H20N4O6. The summed E-state index contributed by atoms with van der Waals surface area (Å²) >= 11 is 0. The minimum absolute atomic E-state index is 0.0201. The van der Waals surface area contributed by atoms with Crippen molar-refractivity contribution in [3.8, 4) is 22.7 Å². The van der Waals surface area contributed by atoms with Crippen molar-refractivity contribution in [3.63, 3.8) is 0 Å². The van der Waals surface area contributed by atoms with E-state index in [1.54, 1.807) is 36.4 Å². The van der Waals surface area contributed by atoms with Gasteiger partial charge in [0.05, 0.1) is 29.2 Å². The minimum Gasteiger partial charge on any atom is -0.508 e. The Morgan fingerprint density at radius 3 is 2.49 bits per heavy atom. The van der Waals surface area contributed by atoms with Crippen LogP contribution in [0, 0.1) is 10.1 Å². The highest BCUT2D eigenvalue weighted by molar-refractivity contribution is 5.95. The lowest BCUT2D eigenvalue weighted by molar-refractivity contribution is -0.384. The zero-order chi connectivity index (χ0) is 24.5. The Morgan fingerprint density at radius 1 is 1.03 bits per heavy atom. The Morgan fingerprint density at radius 2 is 1.77 bits per heavy atom. The molecule has 1 aromatic heterocycles. The number of rotatable bonds is 5. The van der Waals surface area contributed by atoms with Crippen molar-refractivity contribution in [1.82, 2.24) is 9.78 Å². The number of carbonyl (C=O) groups is 1. The maximum Gasteiger partial charge on any atom is 0.295 e. The summed E-state index contributed by atoms with van der Waals surface area (Å²) in [5, 5.41) is 27.3. The van der Waals surface area contributed by atoms with Crippen LogP contribution in [0.5, 0.6) is 5.75 Å². The van der Waals surface area contributed by atoms with Gasteiger partial charge in [0.2, 0.25) is 0 Å². The van der Waals surface area contributed by atoms with Crippen molar-refractivity contribution >= 4 is 28.4 Å². The van der Waals surface area contributed by atoms with Gasteiger partial charge in [0.25, 0.3) is 11.2 Å². The molecule has 0 atom stereocenters. The van der Waals surface area contributed by atoms with E-state index in [1.807, 2.05) is 4.90 Å². The quantitative estimate of drug-likeness (QED) is 0.266. The van der Waals surface area contributed by atoms with Crippen LogP contribution in [0.2, 0.25) is 0 Å². The Hall–Kier alpha value is -4.57. The molecule has 176 valence electrons. The number of nitro groups is 1. The van der Waals surface area contributed by atoms with Gasteiger partial charge in [0.1, 0.15) is 17.7 Å². The summed E-state index contributed by atoms with van der Waals surface area (Å²) in [5.41, 5.74) is 0.840. The van der Waals surface area contributed by atoms with Crippen LogP contribution in [0.3, 0.4) is 0 Å². The van der Waals surface area contributed by atoms with Crippen LogP contribution in [0.4, 0.5) is 11.4 Å². The molecule has 0 bridgehead atoms. The van der Waals surface area contributed by atoms with Gasteiger partial charge in [-0.2, -0.15) is 9.78 Å². The van der Waals surface area contributed by atoms with E-state index in [-0.39, 0.29) is 22.7 Å². The Labute approximate surface area is 198 Å². The molecule has 0 radical (unpaired) electrons. The first kappa shape index (κ1) is 22.2. The summed E-state index contributed by atoms with van der Waals surface area (Å²) in [6, 6.07) is 15.6. The van der Waals surface area contributed by atoms with Crippen molar-refractivity contribution in [2.45, 2.75) is 0 Å². The van der Waals surface area contributed by atoms with Gasteiger partial charge in [-0.3, -0.25) is 19.7 Å². The number of hydrogen-bond donors (Lipinski definition) is 1. The molecule has 1 saturated heterocycles. The highest BCUT2D eigenvalue weighted by atomic mass is 16.6. The predicted molar refractivity (Wildman–Crippen MR) is 130 cm³/mol. The van der Waals surface area contributed by atoms with Crippen LogP contribution in [0.25, 0.3) is 27.7 Å². The molecule has 0 spiro atoms. The van der Waals surface area contributed by atoms with Gasteiger partial charge in [-0.1, -0.05) is 18.2 Å². The molecule has 0 aliphatic carbocycles. The summed E-state index contributed by atoms with van der Waals surface area (Å²) in [7, 11) is 0. The largest absolute Gasteiger partial charge is 0.508 e. The third-order valence-corrected chi connectivity index (χ3v) is 5.91. The molecule has 35 heavy (non-hydrogen) atoms. The first-order valence-electron chi connectivity index (χ1n) is 10.9. The van der Waals surface area contributed by atoms with Crippen LogP contribution >= 0.6 is 0 Å². The van der Waals surface area contributed by atoms with Gasteiger partial charge >= 0.3 is 0 Å². The minimum atomic E-state index is -0.555. The number of hydrogen-bond acceptors (Lipinski definition) is 8. The number of carbonyl (C=O) groups excluding carboxylic acids is 1. The van der Waals surface area contributed by atoms with Gasteiger partial charge in [0.15, 0.2) is 0 Å². The Bertz CT molecular complexity index is 1520. The predicted octanol–water partition coefficient (Wildman–Crippen LogP) is 3.32. The SMILES string of the molecule is O=Cc1cc(O)cc(-c2nn(-c3cc(N4CCOCC4)ccc3[N+](=O)[O-])c(=O)c3ccccc23)c1. The second-order valence-corrected chi connectivity index (χ2v) is 8.07. The number of phenols is 1. The number of nitrogens with zero attached hydrogens (tertiary/aromatic N) is 4. The van der Waals surface area contributed by atoms with E-state index in [9.17, 15) is 24.8 Å². The molecule has 5 rings (SSSR count). The molecule has 2 heterocycles. The van der Waals surface area contributed by atoms with E-state index in [2.05, 4.69) is 5.10 Å². The van der Waals surface area contributed by atoms with E-state index >= 15 is 0 Å². The first-order chi connectivity index (χ1) is 17.0. The molecule has 3 aromatic carbocycles. The number of anilines is 1. The van der Waals surface area contributed by atoms with E-state index < -0.39 is 10.5 Å². The van der Waals surface area contributed by atoms with Gasteiger partial charge in [-0.25, -0.2) is 0 Å². The summed E-state index contributed by atoms with van der Waals surface area (Å²) in [6.45, 7) is 2.28. The van der Waals surface area contributed by atoms with Gasteiger partial charge in [-0.05, 0) is 36.4 Å². The van der Waals surface area contributed by atoms with Crippen LogP contribution < -0.4 is 10.5 Å². The monoisotopic (exact) mass is 472 g/mol. The molecule has 1 N–H and O–H groups in total. The van der Waals surface area contributed by atoms with E-state index in [0.717, 1.165) is 4.68 Å². The fourth-order valence-corrected chi connectivity index (χ4v) is 4.26. The van der Waals surface area contributed by atoms with Crippen molar-refractivity contribution in [2.24, 2.45) is 0 Å². The topological polar surface area (TPSA) is 128 Å². The maximum atomic E-state index is 13.5. The lowest BCUT2D eigenvalue weighted by atomic mass is 10.0. The molecule has 0 unspecified atom stereocenters. The second-order valence-electron chi connectivity index (χ2n) is 8.07. The molecule has 4 aromatic rings. The number of aldehydes is 1. The summed E-state index contributed by atoms with van der Waals surface area (Å²) in [5.74, 6) is -0.145. The number of benzene rings is 3. The van der Waals surface area contributed by atoms with E-state index in [4.69, 9.17) is 4.74 Å². The maximum absolute atomic E-state index is 13.5. The zero-order valence-electron chi connectivity index (χ0n) is 18.5. The highest BCUT2D eigenvalue weighted by Gasteiger charge is 2.23. The van der Waals surface area contributed by atoms with Crippen molar-refractivity contribution in [3.05, 3.63) is 86.7 Å². The first-order valence-corrected chi connectivity index (χ1v) is 10.9. The Balaban J connectivity index is 1.80. The molecular weight excluding hydrogens is 452 g/mol. The zero-order valence-corrected chi connectivity index (χ0v) is 18.5. The van der Waals surface area contributed by atoms with Crippen molar-refractivity contribution in [2.75, 3.05) is 31.2 Å². The van der Waals surface area contributed by atoms with Crippen LogP contribution in [-0.2, 0) is 4.74 Å². The lowest BCUT2D eigenvalue weighted by Crippen LogP contribution is -2.36. The lowest BCUT2D eigenvalue weighted by Gasteiger charge is -2.29. The molecule has 10 heteroatoms. The second kappa shape index (κ2) is 8.99. The molecule has 10 nitrogen and oxygen atoms in total. The van der Waals surface area contributed by atoms with Crippen LogP contribution in [0.15, 0.2) is 65.5 Å². The smallest absolute Gasteiger partial charge is 0.295 e. The highest BCUT2D eigenvalue weighted by Crippen LogP contribution is 2.32. The summed E-state index contributed by atoms with van der Waals surface area (Å²) < 4.78 is 6.41. The Kier molecular flexibility index (Phi) is 5.71. The third-order valence-electron chi connectivity index (χ3n) is 5.91. The number of fused-ring (bicyclic) bond motifs is 1.